The monoisotopic (exact) mass is 530 g/mol. The molecule has 3 N–H and O–H groups in total. The number of aryl methyl sites for hydroxylation is 5. The average molecular weight is 531 g/mol. The third-order valence-corrected chi connectivity index (χ3v) is 6.49. The van der Waals surface area contributed by atoms with Crippen LogP contribution in [-0.4, -0.2) is 47.2 Å². The fraction of sp³-hybridized carbons (Fsp3) is 0.357. The van der Waals surface area contributed by atoms with Gasteiger partial charge in [0.05, 0.1) is 22.4 Å². The van der Waals surface area contributed by atoms with Crippen LogP contribution in [0.15, 0.2) is 30.3 Å². The van der Waals surface area contributed by atoms with E-state index in [-0.39, 0.29) is 5.91 Å². The summed E-state index contributed by atoms with van der Waals surface area (Å²) < 4.78 is 5.32. The van der Waals surface area contributed by atoms with E-state index in [4.69, 9.17) is 5.73 Å². The molecule has 4 aromatic rings. The predicted molar refractivity (Wildman–Crippen MR) is 150 cm³/mol. The van der Waals surface area contributed by atoms with Crippen molar-refractivity contribution in [3.05, 3.63) is 64.2 Å². The summed E-state index contributed by atoms with van der Waals surface area (Å²) in [5.41, 5.74) is 10.6. The lowest BCUT2D eigenvalue weighted by Gasteiger charge is -2.10. The number of hydrogen-bond acceptors (Lipinski definition) is 6. The summed E-state index contributed by atoms with van der Waals surface area (Å²) in [6.07, 6.45) is 7.11. The molecule has 11 nitrogen and oxygen atoms in total. The van der Waals surface area contributed by atoms with E-state index in [0.29, 0.717) is 48.1 Å². The zero-order valence-corrected chi connectivity index (χ0v) is 22.8. The number of allylic oxidation sites excluding steroid dienone is 1. The maximum absolute atomic E-state index is 13.3. The summed E-state index contributed by atoms with van der Waals surface area (Å²) in [5.74, 6) is -0.440. The van der Waals surface area contributed by atoms with Crippen LogP contribution in [0.1, 0.15) is 81.4 Å². The lowest BCUT2D eigenvalue weighted by Crippen LogP contribution is -2.20. The Morgan fingerprint density at radius 3 is 2.56 bits per heavy atom. The highest BCUT2D eigenvalue weighted by molar-refractivity contribution is 6.03. The third kappa shape index (κ3) is 5.82. The number of anilines is 1. The number of amides is 2. The van der Waals surface area contributed by atoms with Crippen LogP contribution < -0.4 is 11.1 Å². The zero-order valence-electron chi connectivity index (χ0n) is 22.8. The molecule has 0 saturated heterocycles. The molecule has 2 amide bonds. The molecule has 0 bridgehead atoms. The number of carbonyl (C=O) groups excluding carboxylic acids is 3. The summed E-state index contributed by atoms with van der Waals surface area (Å²) in [5, 5.41) is 11.9. The molecule has 39 heavy (non-hydrogen) atoms. The van der Waals surface area contributed by atoms with Gasteiger partial charge < -0.3 is 10.3 Å². The molecule has 0 aliphatic carbocycles. The second-order valence-corrected chi connectivity index (χ2v) is 9.37. The fourth-order valence-corrected chi connectivity index (χ4v) is 4.64. The highest BCUT2D eigenvalue weighted by atomic mass is 16.2. The molecule has 204 valence electrons. The SMILES string of the molecule is CCCn1c(NC(=O)c2cc(C)nn2CCC/C=C/c2c(C)nn(CC)c2C=O)nc2cc(C(N)=O)ccc21. The summed E-state index contributed by atoms with van der Waals surface area (Å²) in [7, 11) is 0. The van der Waals surface area contributed by atoms with E-state index < -0.39 is 5.91 Å². The molecule has 3 aromatic heterocycles. The van der Waals surface area contributed by atoms with Crippen molar-refractivity contribution in [2.75, 3.05) is 5.32 Å². The van der Waals surface area contributed by atoms with Gasteiger partial charge in [0.1, 0.15) is 11.4 Å². The van der Waals surface area contributed by atoms with Gasteiger partial charge >= 0.3 is 0 Å². The number of nitrogens with zero attached hydrogens (tertiary/aromatic N) is 6. The lowest BCUT2D eigenvalue weighted by atomic mass is 10.1. The Morgan fingerprint density at radius 2 is 1.87 bits per heavy atom. The van der Waals surface area contributed by atoms with Crippen molar-refractivity contribution in [2.45, 2.75) is 66.6 Å². The topological polar surface area (TPSA) is 143 Å². The quantitative estimate of drug-likeness (QED) is 0.208. The van der Waals surface area contributed by atoms with Crippen LogP contribution in [0.3, 0.4) is 0 Å². The van der Waals surface area contributed by atoms with Gasteiger partial charge in [-0.3, -0.25) is 29.1 Å². The average Bonchev–Trinajstić information content (AvgIpc) is 3.55. The van der Waals surface area contributed by atoms with Crippen molar-refractivity contribution in [1.82, 2.24) is 29.1 Å². The van der Waals surface area contributed by atoms with Crippen LogP contribution in [0.4, 0.5) is 5.95 Å². The number of nitrogens with two attached hydrogens (primary N) is 1. The highest BCUT2D eigenvalue weighted by Gasteiger charge is 2.19. The molecule has 0 aliphatic heterocycles. The molecule has 0 unspecified atom stereocenters. The molecule has 0 atom stereocenters. The molecule has 0 radical (unpaired) electrons. The number of nitrogens with one attached hydrogen (secondary N) is 1. The number of aromatic nitrogens is 6. The number of imidazole rings is 1. The van der Waals surface area contributed by atoms with Gasteiger partial charge in [0.25, 0.3) is 5.91 Å². The van der Waals surface area contributed by atoms with Crippen LogP contribution in [0.5, 0.6) is 0 Å². The number of unbranched alkanes of at least 4 members (excludes halogenated alkanes) is 1. The van der Waals surface area contributed by atoms with Crippen LogP contribution in [-0.2, 0) is 19.6 Å². The molecule has 4 rings (SSSR count). The van der Waals surface area contributed by atoms with E-state index in [2.05, 4.69) is 20.5 Å². The Morgan fingerprint density at radius 1 is 1.08 bits per heavy atom. The molecule has 0 fully saturated rings. The minimum atomic E-state index is -0.530. The van der Waals surface area contributed by atoms with Crippen LogP contribution in [0.2, 0.25) is 0 Å². The van der Waals surface area contributed by atoms with Gasteiger partial charge in [0, 0.05) is 30.8 Å². The summed E-state index contributed by atoms with van der Waals surface area (Å²) in [6.45, 7) is 9.55. The van der Waals surface area contributed by atoms with E-state index in [1.165, 1.54) is 0 Å². The number of rotatable bonds is 12. The van der Waals surface area contributed by atoms with Gasteiger partial charge in [-0.1, -0.05) is 19.1 Å². The Hall–Kier alpha value is -4.54. The summed E-state index contributed by atoms with van der Waals surface area (Å²) >= 11 is 0. The standard InChI is InChI=1S/C28H34N8O3/c1-5-13-34-23-12-11-20(26(29)38)16-22(23)30-28(34)31-27(39)24-15-18(3)32-36(24)14-9-7-8-10-21-19(4)33-35(6-2)25(21)17-37/h8,10-12,15-17H,5-7,9,13-14H2,1-4H3,(H2,29,38)(H,30,31,39)/b10-8+. The Balaban J connectivity index is 1.47. The third-order valence-electron chi connectivity index (χ3n) is 6.49. The molecule has 0 aliphatic rings. The molecule has 11 heteroatoms. The van der Waals surface area contributed by atoms with E-state index >= 15 is 0 Å². The number of carbonyl (C=O) groups is 3. The molecular formula is C28H34N8O3. The van der Waals surface area contributed by atoms with E-state index in [9.17, 15) is 14.4 Å². The first-order valence-electron chi connectivity index (χ1n) is 13.1. The summed E-state index contributed by atoms with van der Waals surface area (Å²) in [4.78, 5) is 41.0. The van der Waals surface area contributed by atoms with Gasteiger partial charge in [0.2, 0.25) is 11.9 Å². The van der Waals surface area contributed by atoms with Gasteiger partial charge in [-0.05, 0) is 64.3 Å². The van der Waals surface area contributed by atoms with Gasteiger partial charge in [0.15, 0.2) is 6.29 Å². The van der Waals surface area contributed by atoms with E-state index in [0.717, 1.165) is 48.0 Å². The first-order chi connectivity index (χ1) is 18.8. The van der Waals surface area contributed by atoms with Crippen LogP contribution in [0.25, 0.3) is 17.1 Å². The van der Waals surface area contributed by atoms with Crippen LogP contribution >= 0.6 is 0 Å². The van der Waals surface area contributed by atoms with Gasteiger partial charge in [-0.25, -0.2) is 4.98 Å². The fourth-order valence-electron chi connectivity index (χ4n) is 4.64. The van der Waals surface area contributed by atoms with Crippen molar-refractivity contribution in [2.24, 2.45) is 5.73 Å². The highest BCUT2D eigenvalue weighted by Crippen LogP contribution is 2.23. The van der Waals surface area contributed by atoms with Crippen molar-refractivity contribution >= 4 is 41.2 Å². The molecule has 1 aromatic carbocycles. The molecular weight excluding hydrogens is 496 g/mol. The second-order valence-electron chi connectivity index (χ2n) is 9.37. The number of hydrogen-bond donors (Lipinski definition) is 2. The second kappa shape index (κ2) is 11.9. The maximum Gasteiger partial charge on any atom is 0.276 e. The predicted octanol–water partition coefficient (Wildman–Crippen LogP) is 4.13. The number of primary amides is 1. The van der Waals surface area contributed by atoms with Crippen LogP contribution in [0, 0.1) is 13.8 Å². The zero-order chi connectivity index (χ0) is 28.1. The smallest absolute Gasteiger partial charge is 0.276 e. The number of fused-ring (bicyclic) bond motifs is 1. The Bertz CT molecular complexity index is 1560. The number of benzene rings is 1. The van der Waals surface area contributed by atoms with Gasteiger partial charge in [-0.2, -0.15) is 10.2 Å². The first-order valence-corrected chi connectivity index (χ1v) is 13.1. The van der Waals surface area contributed by atoms with Gasteiger partial charge in [-0.15, -0.1) is 0 Å². The lowest BCUT2D eigenvalue weighted by molar-refractivity contribution is 0.0995. The van der Waals surface area contributed by atoms with E-state index in [1.807, 2.05) is 44.4 Å². The number of aldehydes is 1. The van der Waals surface area contributed by atoms with Crippen molar-refractivity contribution < 1.29 is 14.4 Å². The molecule has 0 saturated carbocycles. The summed E-state index contributed by atoms with van der Waals surface area (Å²) in [6, 6.07) is 6.84. The minimum absolute atomic E-state index is 0.313. The Kier molecular flexibility index (Phi) is 8.38. The first kappa shape index (κ1) is 27.5. The maximum atomic E-state index is 13.3. The normalized spacial score (nSPS) is 11.5. The largest absolute Gasteiger partial charge is 0.366 e. The Labute approximate surface area is 226 Å². The van der Waals surface area contributed by atoms with E-state index in [1.54, 1.807) is 33.6 Å². The van der Waals surface area contributed by atoms with Crippen molar-refractivity contribution in [3.63, 3.8) is 0 Å². The minimum Gasteiger partial charge on any atom is -0.366 e. The van der Waals surface area contributed by atoms with Crippen molar-refractivity contribution in [1.29, 1.82) is 0 Å². The molecule has 3 heterocycles. The molecule has 0 spiro atoms. The van der Waals surface area contributed by atoms with Crippen molar-refractivity contribution in [3.8, 4) is 0 Å².